The van der Waals surface area contributed by atoms with Crippen LogP contribution in [0.25, 0.3) is 77.2 Å². The predicted molar refractivity (Wildman–Crippen MR) is 253 cm³/mol. The predicted octanol–water partition coefficient (Wildman–Crippen LogP) is 15.8. The number of hydrogen-bond acceptors (Lipinski definition) is 2. The zero-order valence-corrected chi connectivity index (χ0v) is 33.5. The molecule has 0 saturated heterocycles. The maximum atomic E-state index is 6.86. The highest BCUT2D eigenvalue weighted by Crippen LogP contribution is 2.63. The van der Waals surface area contributed by atoms with Gasteiger partial charge in [0.2, 0.25) is 0 Å². The quantitative estimate of drug-likeness (QED) is 0.173. The van der Waals surface area contributed by atoms with Gasteiger partial charge in [-0.2, -0.15) is 0 Å². The normalized spacial score (nSPS) is 14.3. The number of nitrogens with zero attached hydrogens (tertiary/aromatic N) is 1. The number of fused-ring (bicyclic) bond motifs is 15. The Labute approximate surface area is 355 Å². The number of furan rings is 1. The van der Waals surface area contributed by atoms with Crippen molar-refractivity contribution in [3.63, 3.8) is 0 Å². The molecule has 1 heterocycles. The van der Waals surface area contributed by atoms with Crippen LogP contribution in [0.3, 0.4) is 0 Å². The zero-order valence-electron chi connectivity index (χ0n) is 33.5. The monoisotopic (exact) mass is 777 g/mol. The Hall–Kier alpha value is -7.68. The molecule has 0 N–H and O–H groups in total. The molecule has 0 unspecified atom stereocenters. The van der Waals surface area contributed by atoms with Crippen LogP contribution < -0.4 is 4.90 Å². The highest BCUT2D eigenvalue weighted by molar-refractivity contribution is 6.20. The number of anilines is 2. The van der Waals surface area contributed by atoms with Crippen LogP contribution in [-0.2, 0) is 5.41 Å². The van der Waals surface area contributed by atoms with E-state index in [2.05, 4.69) is 217 Å². The van der Waals surface area contributed by atoms with Gasteiger partial charge in [0.05, 0.1) is 5.41 Å². The minimum Gasteiger partial charge on any atom is -0.455 e. The van der Waals surface area contributed by atoms with Crippen LogP contribution in [0, 0.1) is 0 Å². The van der Waals surface area contributed by atoms with Crippen LogP contribution in [0.2, 0.25) is 0 Å². The van der Waals surface area contributed by atoms with Gasteiger partial charge >= 0.3 is 0 Å². The van der Waals surface area contributed by atoms with Crippen molar-refractivity contribution in [2.45, 2.75) is 18.3 Å². The summed E-state index contributed by atoms with van der Waals surface area (Å²) in [5.41, 5.74) is 20.3. The first-order chi connectivity index (χ1) is 30.3. The number of para-hydroxylation sites is 1. The molecule has 1 spiro atoms. The fourth-order valence-electron chi connectivity index (χ4n) is 11.0. The van der Waals surface area contributed by atoms with Gasteiger partial charge in [-0.3, -0.25) is 0 Å². The van der Waals surface area contributed by atoms with Crippen LogP contribution in [0.5, 0.6) is 0 Å². The van der Waals surface area contributed by atoms with E-state index in [0.717, 1.165) is 57.0 Å². The summed E-state index contributed by atoms with van der Waals surface area (Å²) in [5, 5.41) is 4.55. The molecule has 2 heteroatoms. The van der Waals surface area contributed by atoms with Crippen LogP contribution in [0.4, 0.5) is 11.4 Å². The lowest BCUT2D eigenvalue weighted by atomic mass is 9.70. The summed E-state index contributed by atoms with van der Waals surface area (Å²) in [6.45, 7) is 0. The van der Waals surface area contributed by atoms with Gasteiger partial charge in [-0.15, -0.1) is 0 Å². The lowest BCUT2D eigenvalue weighted by Gasteiger charge is -2.33. The Kier molecular flexibility index (Phi) is 7.38. The third kappa shape index (κ3) is 4.85. The van der Waals surface area contributed by atoms with E-state index in [1.165, 1.54) is 72.4 Å². The van der Waals surface area contributed by atoms with Crippen LogP contribution >= 0.6 is 0 Å². The molecule has 9 aromatic carbocycles. The van der Waals surface area contributed by atoms with Crippen LogP contribution in [0.15, 0.2) is 222 Å². The van der Waals surface area contributed by atoms with Crippen molar-refractivity contribution >= 4 is 44.1 Å². The molecule has 3 aliphatic rings. The van der Waals surface area contributed by atoms with E-state index in [9.17, 15) is 0 Å². The first-order valence-electron chi connectivity index (χ1n) is 21.4. The molecule has 0 amide bonds. The van der Waals surface area contributed by atoms with Gasteiger partial charge in [-0.1, -0.05) is 176 Å². The second-order valence-corrected chi connectivity index (χ2v) is 16.6. The molecule has 3 aliphatic carbocycles. The van der Waals surface area contributed by atoms with Crippen molar-refractivity contribution < 1.29 is 4.42 Å². The van der Waals surface area contributed by atoms with E-state index in [1.54, 1.807) is 0 Å². The second kappa shape index (κ2) is 13.2. The minimum absolute atomic E-state index is 0.411. The molecule has 10 aromatic rings. The fraction of sp³-hybridized carbons (Fsp3) is 0.0508. The maximum absolute atomic E-state index is 6.86. The first kappa shape index (κ1) is 34.2. The summed E-state index contributed by atoms with van der Waals surface area (Å²) in [7, 11) is 0. The molecule has 13 rings (SSSR count). The van der Waals surface area contributed by atoms with E-state index >= 15 is 0 Å². The third-order valence-corrected chi connectivity index (χ3v) is 13.5. The molecule has 0 bridgehead atoms. The largest absolute Gasteiger partial charge is 0.455 e. The van der Waals surface area contributed by atoms with Crippen molar-refractivity contribution in [1.82, 2.24) is 0 Å². The van der Waals surface area contributed by atoms with E-state index in [1.807, 2.05) is 0 Å². The minimum atomic E-state index is -0.411. The molecule has 0 radical (unpaired) electrons. The molecule has 0 atom stereocenters. The summed E-state index contributed by atoms with van der Waals surface area (Å²) in [4.78, 5) is 2.51. The molecule has 0 fully saturated rings. The van der Waals surface area contributed by atoms with Crippen LogP contribution in [0.1, 0.15) is 35.1 Å². The SMILES string of the molecule is C1=CCCC(N(c2cccc(-c3cc4c5cccc(-c6ccccc6)c5oc4c4ccccc34)c2)c2ccc3c(c2)C2(c4ccccc4-c4ccccc42)c2ccccc2-3)=C1. The number of allylic oxidation sites excluding steroid dienone is 4. The molecule has 286 valence electrons. The van der Waals surface area contributed by atoms with Gasteiger partial charge in [-0.25, -0.2) is 0 Å². The number of rotatable bonds is 5. The average Bonchev–Trinajstić information content (AvgIpc) is 3.96. The molecule has 0 saturated carbocycles. The molecular formula is C59H39NO. The molecule has 2 nitrogen and oxygen atoms in total. The van der Waals surface area contributed by atoms with Gasteiger partial charge in [0.1, 0.15) is 11.2 Å². The Morgan fingerprint density at radius 3 is 1.69 bits per heavy atom. The van der Waals surface area contributed by atoms with E-state index in [-0.39, 0.29) is 0 Å². The number of hydrogen-bond donors (Lipinski definition) is 0. The van der Waals surface area contributed by atoms with Crippen molar-refractivity contribution in [1.29, 1.82) is 0 Å². The van der Waals surface area contributed by atoms with E-state index < -0.39 is 5.41 Å². The first-order valence-corrected chi connectivity index (χ1v) is 21.4. The Balaban J connectivity index is 1.02. The molecule has 0 aliphatic heterocycles. The molecule has 1 aromatic heterocycles. The Morgan fingerprint density at radius 2 is 0.967 bits per heavy atom. The lowest BCUT2D eigenvalue weighted by Crippen LogP contribution is -2.26. The highest BCUT2D eigenvalue weighted by Gasteiger charge is 2.51. The average molecular weight is 778 g/mol. The topological polar surface area (TPSA) is 16.4 Å². The van der Waals surface area contributed by atoms with Crippen molar-refractivity contribution in [2.75, 3.05) is 4.90 Å². The van der Waals surface area contributed by atoms with Gasteiger partial charge in [0.15, 0.2) is 0 Å². The van der Waals surface area contributed by atoms with Crippen molar-refractivity contribution in [3.8, 4) is 44.5 Å². The summed E-state index contributed by atoms with van der Waals surface area (Å²) in [6.07, 6.45) is 8.76. The summed E-state index contributed by atoms with van der Waals surface area (Å²) < 4.78 is 6.86. The van der Waals surface area contributed by atoms with Gasteiger partial charge in [-0.05, 0) is 116 Å². The van der Waals surface area contributed by atoms with E-state index in [0.29, 0.717) is 0 Å². The summed E-state index contributed by atoms with van der Waals surface area (Å²) >= 11 is 0. The molecule has 61 heavy (non-hydrogen) atoms. The highest BCUT2D eigenvalue weighted by atomic mass is 16.3. The summed E-state index contributed by atoms with van der Waals surface area (Å²) in [6, 6.07) is 71.7. The molecular weight excluding hydrogens is 739 g/mol. The lowest BCUT2D eigenvalue weighted by molar-refractivity contribution is 0.674. The zero-order chi connectivity index (χ0) is 40.1. The smallest absolute Gasteiger partial charge is 0.143 e. The number of benzene rings is 9. The van der Waals surface area contributed by atoms with Crippen LogP contribution in [-0.4, -0.2) is 0 Å². The van der Waals surface area contributed by atoms with Gasteiger partial charge in [0, 0.05) is 38.8 Å². The van der Waals surface area contributed by atoms with Gasteiger partial charge in [0.25, 0.3) is 0 Å². The Morgan fingerprint density at radius 1 is 0.393 bits per heavy atom. The van der Waals surface area contributed by atoms with Crippen molar-refractivity contribution in [3.05, 3.63) is 240 Å². The van der Waals surface area contributed by atoms with Gasteiger partial charge < -0.3 is 9.32 Å². The van der Waals surface area contributed by atoms with Crippen molar-refractivity contribution in [2.24, 2.45) is 0 Å². The fourth-order valence-corrected chi connectivity index (χ4v) is 11.0. The summed E-state index contributed by atoms with van der Waals surface area (Å²) in [5.74, 6) is 0. The second-order valence-electron chi connectivity index (χ2n) is 16.6. The third-order valence-electron chi connectivity index (χ3n) is 13.5. The van der Waals surface area contributed by atoms with E-state index in [4.69, 9.17) is 4.42 Å². The standard InChI is InChI=1S/C59H39NO/c1-3-17-38(18-4-1)43-28-16-29-50-52-37-51(44-23-7-8-27-49(44)58(52)61-57(43)50)39-19-15-22-41(35-39)60(40-20-5-2-6-21-40)42-33-34-48-47-26-11-14-32-55(47)59(56(48)36-42)53-30-12-9-24-45(53)46-25-10-13-31-54(46)59/h1-5,7-20,22-37H,6,21H2. The Bertz CT molecular complexity index is 3430. The maximum Gasteiger partial charge on any atom is 0.143 e.